The lowest BCUT2D eigenvalue weighted by molar-refractivity contribution is -0.392. The molecule has 450 valence electrons. The summed E-state index contributed by atoms with van der Waals surface area (Å²) in [5, 5.41) is 144. The second-order valence-corrected chi connectivity index (χ2v) is 25.6. The number of carbonyl (C=O) groups is 3. The van der Waals surface area contributed by atoms with E-state index in [-0.39, 0.29) is 31.3 Å². The average molecular weight is 1130 g/mol. The summed E-state index contributed by atoms with van der Waals surface area (Å²) >= 11 is 0. The van der Waals surface area contributed by atoms with Crippen LogP contribution in [-0.2, 0) is 52.3 Å². The van der Waals surface area contributed by atoms with E-state index in [0.717, 1.165) is 5.57 Å². The van der Waals surface area contributed by atoms with Crippen LogP contribution in [0.3, 0.4) is 0 Å². The van der Waals surface area contributed by atoms with E-state index in [4.69, 9.17) is 37.9 Å². The first-order valence-electron chi connectivity index (χ1n) is 27.7. The summed E-state index contributed by atoms with van der Waals surface area (Å²) in [5.41, 5.74) is -3.78. The first-order valence-corrected chi connectivity index (χ1v) is 27.7. The molecule has 5 aliphatic carbocycles. The van der Waals surface area contributed by atoms with Crippen LogP contribution in [0.5, 0.6) is 0 Å². The Kier molecular flexibility index (Phi) is 17.8. The monoisotopic (exact) mass is 1130 g/mol. The van der Waals surface area contributed by atoms with Gasteiger partial charge in [0.25, 0.3) is 0 Å². The van der Waals surface area contributed by atoms with Gasteiger partial charge in [0.05, 0.1) is 37.4 Å². The molecule has 24 nitrogen and oxygen atoms in total. The molecule has 0 aromatic carbocycles. The van der Waals surface area contributed by atoms with Gasteiger partial charge in [-0.3, -0.25) is 4.79 Å². The summed E-state index contributed by atoms with van der Waals surface area (Å²) in [5.74, 6) is -3.82. The Balaban J connectivity index is 1.11. The summed E-state index contributed by atoms with van der Waals surface area (Å²) in [7, 11) is 0. The molecule has 0 radical (unpaired) electrons. The summed E-state index contributed by atoms with van der Waals surface area (Å²) in [4.78, 5) is 39.0. The lowest BCUT2D eigenvalue weighted by atomic mass is 9.33. The minimum atomic E-state index is -2.18. The molecule has 13 N–H and O–H groups in total. The normalized spacial score (nSPS) is 50.6. The van der Waals surface area contributed by atoms with E-state index in [9.17, 15) is 80.8 Å². The van der Waals surface area contributed by atoms with Crippen LogP contribution >= 0.6 is 0 Å². The second-order valence-electron chi connectivity index (χ2n) is 25.6. The van der Waals surface area contributed by atoms with Crippen molar-refractivity contribution in [1.82, 2.24) is 0 Å². The van der Waals surface area contributed by atoms with Crippen LogP contribution in [0.25, 0.3) is 0 Å². The topological polar surface area (TPSA) is 388 Å². The highest BCUT2D eigenvalue weighted by atomic mass is 16.8. The molecule has 4 saturated carbocycles. The number of aliphatic hydroxyl groups excluding tert-OH is 12. The van der Waals surface area contributed by atoms with Crippen molar-refractivity contribution < 1.29 is 119 Å². The third-order valence-electron chi connectivity index (χ3n) is 21.0. The van der Waals surface area contributed by atoms with E-state index >= 15 is 0 Å². The first-order chi connectivity index (χ1) is 36.9. The van der Waals surface area contributed by atoms with Crippen LogP contribution in [0.15, 0.2) is 23.3 Å². The maximum Gasteiger partial charge on any atom is 0.335 e. The third kappa shape index (κ3) is 10.0. The van der Waals surface area contributed by atoms with Crippen molar-refractivity contribution in [1.29, 1.82) is 0 Å². The smallest absolute Gasteiger partial charge is 0.335 e. The van der Waals surface area contributed by atoms with Gasteiger partial charge in [0.1, 0.15) is 86.0 Å². The summed E-state index contributed by atoms with van der Waals surface area (Å²) in [6, 6.07) is 0. The zero-order valence-electron chi connectivity index (χ0n) is 46.4. The predicted molar refractivity (Wildman–Crippen MR) is 269 cm³/mol. The fourth-order valence-electron chi connectivity index (χ4n) is 16.1. The molecule has 24 heteroatoms. The van der Waals surface area contributed by atoms with Gasteiger partial charge in [-0.05, 0) is 92.8 Å². The Morgan fingerprint density at radius 1 is 0.696 bits per heavy atom. The third-order valence-corrected chi connectivity index (χ3v) is 21.0. The molecule has 3 saturated heterocycles. The number of aliphatic carboxylic acids is 1. The van der Waals surface area contributed by atoms with E-state index < -0.39 is 193 Å². The van der Waals surface area contributed by atoms with Crippen molar-refractivity contribution in [3.63, 3.8) is 0 Å². The van der Waals surface area contributed by atoms with Gasteiger partial charge >= 0.3 is 17.9 Å². The first kappa shape index (κ1) is 62.2. The molecule has 20 unspecified atom stereocenters. The van der Waals surface area contributed by atoms with Crippen LogP contribution in [-0.4, -0.2) is 227 Å². The van der Waals surface area contributed by atoms with E-state index in [1.165, 1.54) is 6.92 Å². The predicted octanol–water partition coefficient (Wildman–Crippen LogP) is -1.32. The van der Waals surface area contributed by atoms with Gasteiger partial charge < -0.3 is 104 Å². The van der Waals surface area contributed by atoms with E-state index in [1.54, 1.807) is 19.9 Å². The number of carboxylic acids is 1. The number of fused-ring (bicyclic) bond motifs is 7. The quantitative estimate of drug-likeness (QED) is 0.0415. The molecule has 3 heterocycles. The number of carboxylic acid groups (broad SMARTS) is 1. The van der Waals surface area contributed by atoms with E-state index in [1.807, 2.05) is 20.8 Å². The fourth-order valence-corrected chi connectivity index (χ4v) is 16.1. The maximum absolute atomic E-state index is 13.3. The van der Waals surface area contributed by atoms with Crippen molar-refractivity contribution in [2.75, 3.05) is 26.4 Å². The molecule has 8 rings (SSSR count). The van der Waals surface area contributed by atoms with Gasteiger partial charge in [-0.2, -0.15) is 0 Å². The van der Waals surface area contributed by atoms with Crippen molar-refractivity contribution in [3.05, 3.63) is 23.3 Å². The highest BCUT2D eigenvalue weighted by molar-refractivity contribution is 5.87. The number of allylic oxidation sites excluding steroid dienone is 3. The van der Waals surface area contributed by atoms with E-state index in [0.29, 0.717) is 37.7 Å². The van der Waals surface area contributed by atoms with Gasteiger partial charge in [0, 0.05) is 23.3 Å². The van der Waals surface area contributed by atoms with Crippen LogP contribution < -0.4 is 0 Å². The minimum Gasteiger partial charge on any atom is -0.479 e. The number of ether oxygens (including phenoxy) is 8. The second kappa shape index (κ2) is 22.6. The highest BCUT2D eigenvalue weighted by Gasteiger charge is 2.74. The number of rotatable bonds is 14. The molecule has 0 aromatic rings. The average Bonchev–Trinajstić information content (AvgIpc) is 1.69. The van der Waals surface area contributed by atoms with Gasteiger partial charge in [0.15, 0.2) is 25.0 Å². The van der Waals surface area contributed by atoms with Crippen molar-refractivity contribution in [2.45, 2.75) is 224 Å². The van der Waals surface area contributed by atoms with E-state index in [2.05, 4.69) is 26.8 Å². The molecule has 8 aliphatic rings. The van der Waals surface area contributed by atoms with Crippen LogP contribution in [0.1, 0.15) is 107 Å². The van der Waals surface area contributed by atoms with Gasteiger partial charge in [-0.15, -0.1) is 0 Å². The number of aliphatic hydroxyl groups is 12. The number of esters is 2. The Morgan fingerprint density at radius 2 is 1.28 bits per heavy atom. The molecule has 79 heavy (non-hydrogen) atoms. The lowest BCUT2D eigenvalue weighted by Gasteiger charge is -2.72. The van der Waals surface area contributed by atoms with Crippen LogP contribution in [0.2, 0.25) is 0 Å². The molecular weight excluding hydrogens is 1040 g/mol. The molecule has 0 spiro atoms. The molecular formula is C55H86O24. The van der Waals surface area contributed by atoms with Crippen molar-refractivity contribution >= 4 is 17.9 Å². The minimum absolute atomic E-state index is 0.0849. The molecule has 7 fully saturated rings. The highest BCUT2D eigenvalue weighted by Crippen LogP contribution is 2.76. The Labute approximate surface area is 459 Å². The lowest BCUT2D eigenvalue weighted by Crippen LogP contribution is -2.72. The summed E-state index contributed by atoms with van der Waals surface area (Å²) in [6.07, 6.45) is -26.8. The molecule has 0 aromatic heterocycles. The summed E-state index contributed by atoms with van der Waals surface area (Å²) in [6.45, 7) is 14.3. The van der Waals surface area contributed by atoms with Crippen LogP contribution in [0, 0.1) is 50.2 Å². The molecule has 0 bridgehead atoms. The van der Waals surface area contributed by atoms with Crippen LogP contribution in [0.4, 0.5) is 0 Å². The van der Waals surface area contributed by atoms with Crippen molar-refractivity contribution in [3.8, 4) is 0 Å². The standard InChI is InChI=1S/C55H86O24/c1-10-23(2)46(71)79-44-43(68)55(22-72-24(3)59)26(17-50(44,4)5)25-11-12-30-51(6)15-14-32(52(7,21-58)29(51)13-16-53(30,8)54(25,9)18-31(55)60)75-49-41(77-48-38(66)36(64)34(62)28(20-57)74-48)39(67)40(42(78-49)45(69)70)76-47-37(65)35(63)33(61)27(19-56)73-47/h10-11,26-44,47-49,56-58,60-68H,12-22H2,1-9H3,(H,69,70)/b23-10+/t26?,27?,28?,29?,30?,31-,32?,33?,34?,35?,36?,37?,38?,39?,40?,41?,42?,43+,44?,47?,48?,49?,51-,52-,53+,54-,55-/m0/s1. The molecule has 3 aliphatic heterocycles. The Bertz CT molecular complexity index is 2290. The summed E-state index contributed by atoms with van der Waals surface area (Å²) < 4.78 is 47.7. The fraction of sp³-hybridized carbons (Fsp3) is 0.873. The zero-order valence-corrected chi connectivity index (χ0v) is 46.4. The maximum atomic E-state index is 13.3. The molecule has 0 amide bonds. The van der Waals surface area contributed by atoms with Gasteiger partial charge in [-0.25, -0.2) is 9.59 Å². The number of hydrogen-bond donors (Lipinski definition) is 13. The molecule has 27 atom stereocenters. The largest absolute Gasteiger partial charge is 0.479 e. The Hall–Kier alpha value is -2.83. The van der Waals surface area contributed by atoms with Crippen molar-refractivity contribution in [2.24, 2.45) is 50.2 Å². The number of hydrogen-bond acceptors (Lipinski definition) is 23. The zero-order chi connectivity index (χ0) is 58.4. The van der Waals surface area contributed by atoms with Gasteiger partial charge in [0.2, 0.25) is 0 Å². The SMILES string of the molecule is C/C=C(\C)C(=O)OC1[C@@H](O)[C@@]2(COC(C)=O)C(CC1(C)C)C1=CCC3[C@@]4(C)CCC(OC5OC(C(=O)O)C(OC6OC(CO)C(O)C(O)C6O)C(O)C5OC5OC(CO)C(O)C(O)C5O)[C@@](C)(CO)C4CC[C@@]3(C)[C@@]1(C)C[C@@H]2O. The number of carbonyl (C=O) groups excluding carboxylic acids is 2. The Morgan fingerprint density at radius 3 is 1.81 bits per heavy atom. The van der Waals surface area contributed by atoms with Gasteiger partial charge in [-0.1, -0.05) is 59.3 Å².